The second kappa shape index (κ2) is 6.75. The van der Waals surface area contributed by atoms with Crippen LogP contribution in [0.1, 0.15) is 49.3 Å². The largest absolute Gasteiger partial charge is 0.467 e. The van der Waals surface area contributed by atoms with E-state index < -0.39 is 5.92 Å². The lowest BCUT2D eigenvalue weighted by molar-refractivity contribution is -0.138. The normalized spacial score (nSPS) is 20.2. The molecule has 130 valence electrons. The summed E-state index contributed by atoms with van der Waals surface area (Å²) in [7, 11) is 0. The molecule has 1 aliphatic carbocycles. The van der Waals surface area contributed by atoms with Crippen LogP contribution in [0, 0.1) is 0 Å². The first-order valence-corrected chi connectivity index (χ1v) is 8.94. The van der Waals surface area contributed by atoms with Gasteiger partial charge in [0.25, 0.3) is 0 Å². The number of amides is 2. The molecule has 4 rings (SSSR count). The Bertz CT molecular complexity index is 763. The molecule has 0 saturated heterocycles. The van der Waals surface area contributed by atoms with Gasteiger partial charge in [0.2, 0.25) is 11.8 Å². The molecule has 2 heterocycles. The fourth-order valence-electron chi connectivity index (χ4n) is 4.01. The Morgan fingerprint density at radius 1 is 1.16 bits per heavy atom. The Kier molecular flexibility index (Phi) is 4.30. The first-order chi connectivity index (χ1) is 12.2. The molecule has 1 aliphatic heterocycles. The average molecular weight is 338 g/mol. The highest BCUT2D eigenvalue weighted by Crippen LogP contribution is 2.36. The van der Waals surface area contributed by atoms with Crippen LogP contribution in [0.25, 0.3) is 0 Å². The summed E-state index contributed by atoms with van der Waals surface area (Å²) >= 11 is 0. The zero-order valence-electron chi connectivity index (χ0n) is 14.1. The molecule has 1 unspecified atom stereocenters. The number of carbonyl (C=O) groups is 2. The van der Waals surface area contributed by atoms with Gasteiger partial charge in [-0.15, -0.1) is 0 Å². The molecule has 2 amide bonds. The van der Waals surface area contributed by atoms with Gasteiger partial charge in [-0.05, 0) is 36.6 Å². The van der Waals surface area contributed by atoms with Crippen LogP contribution in [0.2, 0.25) is 0 Å². The highest BCUT2D eigenvalue weighted by Gasteiger charge is 2.36. The van der Waals surface area contributed by atoms with Gasteiger partial charge < -0.3 is 14.6 Å². The summed E-state index contributed by atoms with van der Waals surface area (Å²) < 4.78 is 5.48. The van der Waals surface area contributed by atoms with E-state index in [9.17, 15) is 9.59 Å². The summed E-state index contributed by atoms with van der Waals surface area (Å²) in [6.45, 7) is 0.469. The van der Waals surface area contributed by atoms with Crippen LogP contribution < -0.4 is 5.32 Å². The van der Waals surface area contributed by atoms with Gasteiger partial charge in [0, 0.05) is 18.2 Å². The van der Waals surface area contributed by atoms with Gasteiger partial charge in [-0.25, -0.2) is 0 Å². The van der Waals surface area contributed by atoms with Gasteiger partial charge in [-0.2, -0.15) is 0 Å². The van der Waals surface area contributed by atoms with E-state index in [1.54, 1.807) is 6.26 Å². The minimum Gasteiger partial charge on any atom is -0.467 e. The van der Waals surface area contributed by atoms with Gasteiger partial charge in [-0.3, -0.25) is 9.59 Å². The standard InChI is InChI=1S/C20H22N2O3/c23-19-12-17(16-9-3-4-10-18(16)21-19)20(24)22(14-6-1-2-7-14)13-15-8-5-11-25-15/h3-5,8-11,14,17H,1-2,6-7,12-13H2,(H,21,23). The van der Waals surface area contributed by atoms with Crippen LogP contribution in [0.3, 0.4) is 0 Å². The van der Waals surface area contributed by atoms with E-state index in [4.69, 9.17) is 4.42 Å². The summed E-state index contributed by atoms with van der Waals surface area (Å²) in [5, 5.41) is 2.87. The molecular weight excluding hydrogens is 316 g/mol. The molecule has 1 N–H and O–H groups in total. The van der Waals surface area contributed by atoms with Crippen molar-refractivity contribution in [3.8, 4) is 0 Å². The lowest BCUT2D eigenvalue weighted by Crippen LogP contribution is -2.43. The Hall–Kier alpha value is -2.56. The van der Waals surface area contributed by atoms with E-state index in [2.05, 4.69) is 5.32 Å². The molecule has 1 atom stereocenters. The second-order valence-electron chi connectivity index (χ2n) is 6.88. The Morgan fingerprint density at radius 2 is 1.96 bits per heavy atom. The molecule has 0 radical (unpaired) electrons. The summed E-state index contributed by atoms with van der Waals surface area (Å²) in [6.07, 6.45) is 6.18. The van der Waals surface area contributed by atoms with Gasteiger partial charge in [0.05, 0.1) is 18.7 Å². The number of nitrogens with one attached hydrogen (secondary N) is 1. The van der Waals surface area contributed by atoms with Crippen molar-refractivity contribution in [1.82, 2.24) is 4.90 Å². The maximum Gasteiger partial charge on any atom is 0.231 e. The summed E-state index contributed by atoms with van der Waals surface area (Å²) in [5.74, 6) is 0.307. The van der Waals surface area contributed by atoms with Gasteiger partial charge in [0.1, 0.15) is 5.76 Å². The quantitative estimate of drug-likeness (QED) is 0.925. The molecule has 1 fully saturated rings. The van der Waals surface area contributed by atoms with E-state index in [0.717, 1.165) is 42.7 Å². The summed E-state index contributed by atoms with van der Waals surface area (Å²) in [4.78, 5) is 27.5. The average Bonchev–Trinajstić information content (AvgIpc) is 3.32. The van der Waals surface area contributed by atoms with Crippen molar-refractivity contribution in [1.29, 1.82) is 0 Å². The van der Waals surface area contributed by atoms with Crippen LogP contribution in [0.5, 0.6) is 0 Å². The molecule has 1 saturated carbocycles. The fraction of sp³-hybridized carbons (Fsp3) is 0.400. The number of nitrogens with zero attached hydrogens (tertiary/aromatic N) is 1. The zero-order chi connectivity index (χ0) is 17.2. The minimum absolute atomic E-state index is 0.0330. The van der Waals surface area contributed by atoms with Gasteiger partial charge >= 0.3 is 0 Å². The zero-order valence-corrected chi connectivity index (χ0v) is 14.1. The molecule has 2 aliphatic rings. The molecular formula is C20H22N2O3. The first-order valence-electron chi connectivity index (χ1n) is 8.94. The van der Waals surface area contributed by atoms with Crippen molar-refractivity contribution in [2.24, 2.45) is 0 Å². The Labute approximate surface area is 147 Å². The van der Waals surface area contributed by atoms with Crippen LogP contribution in [0.15, 0.2) is 47.1 Å². The van der Waals surface area contributed by atoms with E-state index in [1.807, 2.05) is 41.3 Å². The van der Waals surface area contributed by atoms with Crippen LogP contribution >= 0.6 is 0 Å². The van der Waals surface area contributed by atoms with Crippen molar-refractivity contribution >= 4 is 17.5 Å². The lowest BCUT2D eigenvalue weighted by atomic mass is 9.88. The summed E-state index contributed by atoms with van der Waals surface area (Å²) in [6, 6.07) is 11.6. The van der Waals surface area contributed by atoms with Gasteiger partial charge in [-0.1, -0.05) is 31.0 Å². The highest BCUT2D eigenvalue weighted by molar-refractivity contribution is 6.01. The minimum atomic E-state index is -0.416. The maximum absolute atomic E-state index is 13.4. The van der Waals surface area contributed by atoms with Crippen molar-refractivity contribution in [3.63, 3.8) is 0 Å². The number of fused-ring (bicyclic) bond motifs is 1. The van der Waals surface area contributed by atoms with Crippen LogP contribution in [-0.2, 0) is 16.1 Å². The van der Waals surface area contributed by atoms with E-state index in [1.165, 1.54) is 0 Å². The second-order valence-corrected chi connectivity index (χ2v) is 6.88. The van der Waals surface area contributed by atoms with Crippen molar-refractivity contribution < 1.29 is 14.0 Å². The number of carbonyl (C=O) groups excluding carboxylic acids is 2. The Morgan fingerprint density at radius 3 is 2.72 bits per heavy atom. The fourth-order valence-corrected chi connectivity index (χ4v) is 4.01. The third-order valence-corrected chi connectivity index (χ3v) is 5.25. The summed E-state index contributed by atoms with van der Waals surface area (Å²) in [5.41, 5.74) is 1.66. The van der Waals surface area contributed by atoms with Crippen molar-refractivity contribution in [2.45, 2.75) is 50.6 Å². The van der Waals surface area contributed by atoms with Gasteiger partial charge in [0.15, 0.2) is 0 Å². The molecule has 1 aromatic carbocycles. The number of rotatable bonds is 4. The number of para-hydroxylation sites is 1. The molecule has 25 heavy (non-hydrogen) atoms. The smallest absolute Gasteiger partial charge is 0.231 e. The van der Waals surface area contributed by atoms with Crippen molar-refractivity contribution in [2.75, 3.05) is 5.32 Å². The predicted molar refractivity (Wildman–Crippen MR) is 93.9 cm³/mol. The number of furan rings is 1. The van der Waals surface area contributed by atoms with Crippen molar-refractivity contribution in [3.05, 3.63) is 54.0 Å². The van der Waals surface area contributed by atoms with Crippen LogP contribution in [-0.4, -0.2) is 22.8 Å². The van der Waals surface area contributed by atoms with E-state index in [0.29, 0.717) is 6.54 Å². The number of hydrogen-bond acceptors (Lipinski definition) is 3. The lowest BCUT2D eigenvalue weighted by Gasteiger charge is -2.34. The Balaban J connectivity index is 1.64. The number of anilines is 1. The number of benzene rings is 1. The molecule has 0 spiro atoms. The molecule has 5 heteroatoms. The third-order valence-electron chi connectivity index (χ3n) is 5.25. The first kappa shape index (κ1) is 15.9. The topological polar surface area (TPSA) is 62.6 Å². The van der Waals surface area contributed by atoms with E-state index >= 15 is 0 Å². The van der Waals surface area contributed by atoms with Crippen LogP contribution in [0.4, 0.5) is 5.69 Å². The molecule has 2 aromatic rings. The van der Waals surface area contributed by atoms with E-state index in [-0.39, 0.29) is 24.3 Å². The third kappa shape index (κ3) is 3.18. The monoisotopic (exact) mass is 338 g/mol. The highest BCUT2D eigenvalue weighted by atomic mass is 16.3. The molecule has 1 aromatic heterocycles. The predicted octanol–water partition coefficient (Wildman–Crippen LogP) is 3.68. The number of hydrogen-bond donors (Lipinski definition) is 1. The maximum atomic E-state index is 13.4. The molecule has 0 bridgehead atoms. The molecule has 5 nitrogen and oxygen atoms in total. The SMILES string of the molecule is O=C1CC(C(=O)N(Cc2ccco2)C2CCCC2)c2ccccc2N1.